The van der Waals surface area contributed by atoms with Gasteiger partial charge in [0.25, 0.3) is 0 Å². The summed E-state index contributed by atoms with van der Waals surface area (Å²) in [6, 6.07) is 16.1. The Morgan fingerprint density at radius 2 is 1.64 bits per heavy atom. The van der Waals surface area contributed by atoms with Crippen LogP contribution < -0.4 is 4.74 Å². The molecule has 0 radical (unpaired) electrons. The molecule has 3 aromatic rings. The smallest absolute Gasteiger partial charge is 0.339 e. The number of hydrogen-bond donors (Lipinski definition) is 0. The van der Waals surface area contributed by atoms with Crippen molar-refractivity contribution in [2.75, 3.05) is 26.6 Å². The summed E-state index contributed by atoms with van der Waals surface area (Å²) in [4.78, 5) is 12.9. The summed E-state index contributed by atoms with van der Waals surface area (Å²) >= 11 is 0. The molecule has 0 saturated heterocycles. The van der Waals surface area contributed by atoms with Crippen molar-refractivity contribution < 1.29 is 27.4 Å². The highest BCUT2D eigenvalue weighted by Crippen LogP contribution is 2.35. The van der Waals surface area contributed by atoms with E-state index < -0.39 is 21.9 Å². The predicted molar refractivity (Wildman–Crippen MR) is 127 cm³/mol. The van der Waals surface area contributed by atoms with Gasteiger partial charge in [-0.3, -0.25) is 0 Å². The number of hydrogen-bond acceptors (Lipinski definition) is 6. The molecule has 0 N–H and O–H groups in total. The molecule has 7 nitrogen and oxygen atoms in total. The standard InChI is InChI=1S/C25H29NO6S/c1-6-31-24(25(27)32-7-2)22-16-23(18-8-14-21(15-9-18)33(5,28)29)26(17(22)3)19-10-12-20(30-4)13-11-19/h8-16,24H,6-7H2,1-5H3/t24-/m1/s1. The van der Waals surface area contributed by atoms with Crippen LogP contribution >= 0.6 is 0 Å². The number of rotatable bonds is 9. The van der Waals surface area contributed by atoms with E-state index in [1.54, 1.807) is 38.3 Å². The highest BCUT2D eigenvalue weighted by Gasteiger charge is 2.28. The monoisotopic (exact) mass is 471 g/mol. The Morgan fingerprint density at radius 1 is 1.00 bits per heavy atom. The van der Waals surface area contributed by atoms with Gasteiger partial charge in [0, 0.05) is 29.8 Å². The summed E-state index contributed by atoms with van der Waals surface area (Å²) in [6.07, 6.45) is 0.305. The van der Waals surface area contributed by atoms with Gasteiger partial charge in [-0.2, -0.15) is 0 Å². The molecule has 0 aliphatic heterocycles. The van der Waals surface area contributed by atoms with E-state index in [1.165, 1.54) is 6.26 Å². The van der Waals surface area contributed by atoms with Crippen LogP contribution in [0.1, 0.15) is 31.2 Å². The van der Waals surface area contributed by atoms with Crippen LogP contribution in [0.15, 0.2) is 59.5 Å². The third-order valence-corrected chi connectivity index (χ3v) is 6.44. The third kappa shape index (κ3) is 5.29. The molecule has 0 unspecified atom stereocenters. The minimum atomic E-state index is -3.31. The van der Waals surface area contributed by atoms with Crippen LogP contribution in [0, 0.1) is 6.92 Å². The molecule has 1 aromatic heterocycles. The molecule has 0 bridgehead atoms. The van der Waals surface area contributed by atoms with Crippen LogP contribution in [0.25, 0.3) is 16.9 Å². The summed E-state index contributed by atoms with van der Waals surface area (Å²) in [6.45, 7) is 6.09. The largest absolute Gasteiger partial charge is 0.497 e. The number of nitrogens with zero attached hydrogens (tertiary/aromatic N) is 1. The highest BCUT2D eigenvalue weighted by molar-refractivity contribution is 7.90. The minimum absolute atomic E-state index is 0.240. The van der Waals surface area contributed by atoms with Crippen molar-refractivity contribution >= 4 is 15.8 Å². The molecule has 176 valence electrons. The molecule has 0 saturated carbocycles. The van der Waals surface area contributed by atoms with E-state index >= 15 is 0 Å². The second-order valence-electron chi connectivity index (χ2n) is 7.49. The molecule has 0 spiro atoms. The van der Waals surface area contributed by atoms with E-state index in [1.807, 2.05) is 48.7 Å². The Labute approximate surface area is 194 Å². The summed E-state index contributed by atoms with van der Waals surface area (Å²) in [5, 5.41) is 0. The number of ether oxygens (including phenoxy) is 3. The number of carbonyl (C=O) groups excluding carboxylic acids is 1. The Hall–Kier alpha value is -3.10. The molecule has 0 aliphatic carbocycles. The lowest BCUT2D eigenvalue weighted by Crippen LogP contribution is -2.19. The number of sulfone groups is 1. The van der Waals surface area contributed by atoms with E-state index in [9.17, 15) is 13.2 Å². The van der Waals surface area contributed by atoms with Crippen molar-refractivity contribution in [3.05, 3.63) is 65.9 Å². The molecule has 33 heavy (non-hydrogen) atoms. The zero-order chi connectivity index (χ0) is 24.2. The zero-order valence-electron chi connectivity index (χ0n) is 19.5. The average molecular weight is 472 g/mol. The molecule has 8 heteroatoms. The second-order valence-corrected chi connectivity index (χ2v) is 9.50. The lowest BCUT2D eigenvalue weighted by atomic mass is 10.1. The number of benzene rings is 2. The van der Waals surface area contributed by atoms with E-state index in [-0.39, 0.29) is 11.5 Å². The first-order chi connectivity index (χ1) is 15.7. The molecule has 3 rings (SSSR count). The predicted octanol–water partition coefficient (Wildman–Crippen LogP) is 4.51. The van der Waals surface area contributed by atoms with E-state index in [2.05, 4.69) is 0 Å². The Morgan fingerprint density at radius 3 is 2.15 bits per heavy atom. The van der Waals surface area contributed by atoms with Crippen molar-refractivity contribution in [1.29, 1.82) is 0 Å². The maximum absolute atomic E-state index is 12.7. The molecule has 1 atom stereocenters. The molecule has 0 amide bonds. The van der Waals surface area contributed by atoms with Crippen molar-refractivity contribution in [3.63, 3.8) is 0 Å². The molecule has 1 heterocycles. The van der Waals surface area contributed by atoms with E-state index in [4.69, 9.17) is 14.2 Å². The number of esters is 1. The summed E-state index contributed by atoms with van der Waals surface area (Å²) in [5.41, 5.74) is 3.96. The van der Waals surface area contributed by atoms with E-state index in [0.29, 0.717) is 12.2 Å². The first-order valence-corrected chi connectivity index (χ1v) is 12.6. The maximum atomic E-state index is 12.7. The van der Waals surface area contributed by atoms with Gasteiger partial charge in [-0.1, -0.05) is 12.1 Å². The van der Waals surface area contributed by atoms with Gasteiger partial charge in [-0.05, 0) is 68.8 Å². The van der Waals surface area contributed by atoms with Gasteiger partial charge < -0.3 is 18.8 Å². The first-order valence-electron chi connectivity index (χ1n) is 10.7. The molecular formula is C25H29NO6S. The van der Waals surface area contributed by atoms with E-state index in [0.717, 1.165) is 28.4 Å². The zero-order valence-corrected chi connectivity index (χ0v) is 20.3. The average Bonchev–Trinajstić information content (AvgIpc) is 3.13. The van der Waals surface area contributed by atoms with Crippen LogP contribution in [-0.2, 0) is 24.1 Å². The van der Waals surface area contributed by atoms with Crippen LogP contribution in [0.2, 0.25) is 0 Å². The number of carbonyl (C=O) groups is 1. The second kappa shape index (κ2) is 10.2. The van der Waals surface area contributed by atoms with Crippen molar-refractivity contribution in [2.24, 2.45) is 0 Å². The van der Waals surface area contributed by atoms with Crippen LogP contribution in [0.3, 0.4) is 0 Å². The lowest BCUT2D eigenvalue weighted by Gasteiger charge is -2.17. The molecule has 0 aliphatic rings. The first kappa shape index (κ1) is 24.5. The van der Waals surface area contributed by atoms with Crippen molar-refractivity contribution in [1.82, 2.24) is 4.57 Å². The van der Waals surface area contributed by atoms with Crippen molar-refractivity contribution in [3.8, 4) is 22.7 Å². The summed E-state index contributed by atoms with van der Waals surface area (Å²) in [7, 11) is -1.71. The third-order valence-electron chi connectivity index (χ3n) is 5.31. The molecule has 2 aromatic carbocycles. The maximum Gasteiger partial charge on any atom is 0.339 e. The van der Waals surface area contributed by atoms with Crippen LogP contribution in [-0.4, -0.2) is 45.5 Å². The lowest BCUT2D eigenvalue weighted by molar-refractivity contribution is -0.157. The Bertz CT molecular complexity index is 1210. The fourth-order valence-corrected chi connectivity index (χ4v) is 4.34. The quantitative estimate of drug-likeness (QED) is 0.427. The van der Waals surface area contributed by atoms with Gasteiger partial charge in [-0.15, -0.1) is 0 Å². The van der Waals surface area contributed by atoms with Gasteiger partial charge in [0.1, 0.15) is 5.75 Å². The van der Waals surface area contributed by atoms with Gasteiger partial charge in [0.05, 0.1) is 24.3 Å². The van der Waals surface area contributed by atoms with Gasteiger partial charge in [0.2, 0.25) is 0 Å². The fourth-order valence-electron chi connectivity index (χ4n) is 3.71. The van der Waals surface area contributed by atoms with Gasteiger partial charge in [0.15, 0.2) is 15.9 Å². The Balaban J connectivity index is 2.21. The number of aromatic nitrogens is 1. The summed E-state index contributed by atoms with van der Waals surface area (Å²) in [5.74, 6) is 0.273. The minimum Gasteiger partial charge on any atom is -0.497 e. The normalized spacial score (nSPS) is 12.4. The van der Waals surface area contributed by atoms with Gasteiger partial charge in [-0.25, -0.2) is 13.2 Å². The van der Waals surface area contributed by atoms with Crippen molar-refractivity contribution in [2.45, 2.75) is 31.8 Å². The highest BCUT2D eigenvalue weighted by atomic mass is 32.2. The van der Waals surface area contributed by atoms with Crippen LogP contribution in [0.4, 0.5) is 0 Å². The summed E-state index contributed by atoms with van der Waals surface area (Å²) < 4.78 is 42.1. The molecule has 0 fully saturated rings. The Kier molecular flexibility index (Phi) is 7.61. The number of methoxy groups -OCH3 is 1. The molecular weight excluding hydrogens is 442 g/mol. The topological polar surface area (TPSA) is 83.8 Å². The van der Waals surface area contributed by atoms with Crippen LogP contribution in [0.5, 0.6) is 5.75 Å². The van der Waals surface area contributed by atoms with Gasteiger partial charge >= 0.3 is 5.97 Å². The fraction of sp³-hybridized carbons (Fsp3) is 0.320. The SMILES string of the molecule is CCOC(=O)[C@H](OCC)c1cc(-c2ccc(S(C)(=O)=O)cc2)n(-c2ccc(OC)cc2)c1C.